The summed E-state index contributed by atoms with van der Waals surface area (Å²) in [6, 6.07) is 1.57. The molecule has 30 nitrogen and oxygen atoms in total. The fourth-order valence-electron chi connectivity index (χ4n) is 4.81. The third kappa shape index (κ3) is 14.7. The first kappa shape index (κ1) is 47.4. The molecule has 4 heterocycles. The van der Waals surface area contributed by atoms with Crippen LogP contribution in [0, 0.1) is 0 Å². The van der Waals surface area contributed by atoms with Gasteiger partial charge in [0.2, 0.25) is 0 Å². The molecule has 1 aliphatic carbocycles. The summed E-state index contributed by atoms with van der Waals surface area (Å²) in [4.78, 5) is 79.8. The molecule has 0 amide bonds. The van der Waals surface area contributed by atoms with Gasteiger partial charge < -0.3 is 65.4 Å². The molecule has 0 aromatic carbocycles. The van der Waals surface area contributed by atoms with Crippen molar-refractivity contribution in [1.29, 1.82) is 0 Å². The molecule has 1 aliphatic heterocycles. The van der Waals surface area contributed by atoms with Crippen molar-refractivity contribution in [2.45, 2.75) is 57.0 Å². The highest BCUT2D eigenvalue weighted by atomic mass is 31.3. The molecular formula is C21H38N10O20P6. The molecule has 0 saturated heterocycles. The summed E-state index contributed by atoms with van der Waals surface area (Å²) in [7, 11) is -31.7. The summed E-state index contributed by atoms with van der Waals surface area (Å²) in [6.45, 7) is 3.09. The highest BCUT2D eigenvalue weighted by molar-refractivity contribution is 7.68. The van der Waals surface area contributed by atoms with E-state index >= 15 is 0 Å². The Morgan fingerprint density at radius 2 is 1.39 bits per heavy atom. The topological polar surface area (TPSA) is 470 Å². The van der Waals surface area contributed by atoms with Crippen molar-refractivity contribution in [1.82, 2.24) is 24.4 Å². The van der Waals surface area contributed by atoms with Crippen LogP contribution in [0.2, 0.25) is 0 Å². The molecule has 0 bridgehead atoms. The molecule has 57 heavy (non-hydrogen) atoms. The van der Waals surface area contributed by atoms with Gasteiger partial charge in [-0.15, -0.1) is 0 Å². The molecule has 5 atom stereocenters. The van der Waals surface area contributed by atoms with Gasteiger partial charge in [0.25, 0.3) is 0 Å². The van der Waals surface area contributed by atoms with Crippen LogP contribution in [0.4, 0.5) is 11.6 Å². The number of phosphoric acid groups is 4. The van der Waals surface area contributed by atoms with Gasteiger partial charge in [-0.1, -0.05) is 0 Å². The Kier molecular flexibility index (Phi) is 14.1. The van der Waals surface area contributed by atoms with Crippen molar-refractivity contribution in [3.8, 4) is 0 Å². The smallest absolute Gasteiger partial charge is 0.384 e. The normalized spacial score (nSPS) is 21.0. The molecule has 1 fully saturated rings. The molecule has 322 valence electrons. The number of anilines is 2. The zero-order valence-corrected chi connectivity index (χ0v) is 34.6. The number of fused-ring (bicyclic) bond motifs is 2. The van der Waals surface area contributed by atoms with Gasteiger partial charge in [-0.05, 0) is 32.8 Å². The Bertz CT molecular complexity index is 2290. The summed E-state index contributed by atoms with van der Waals surface area (Å²) >= 11 is 0. The van der Waals surface area contributed by atoms with Crippen molar-refractivity contribution in [2.75, 3.05) is 23.7 Å². The molecular weight excluding hydrogens is 898 g/mol. The van der Waals surface area contributed by atoms with Crippen molar-refractivity contribution >= 4 is 69.7 Å². The average Bonchev–Trinajstić information content (AvgIpc) is 3.47. The van der Waals surface area contributed by atoms with Crippen LogP contribution < -0.4 is 22.5 Å². The second-order valence-electron chi connectivity index (χ2n) is 12.7. The van der Waals surface area contributed by atoms with Crippen LogP contribution in [0.25, 0.3) is 5.65 Å². The monoisotopic (exact) mass is 936 g/mol. The van der Waals surface area contributed by atoms with E-state index in [1.54, 1.807) is 19.9 Å². The first-order valence-electron chi connectivity index (χ1n) is 15.3. The number of aliphatic imine (C=N–C) groups is 1. The molecule has 5 rings (SSSR count). The lowest BCUT2D eigenvalue weighted by Crippen LogP contribution is -2.35. The van der Waals surface area contributed by atoms with Crippen molar-refractivity contribution in [3.05, 3.63) is 35.8 Å². The number of nitrogens with zero attached hydrogens (tertiary/aromatic N) is 6. The maximum absolute atomic E-state index is 11.9. The van der Waals surface area contributed by atoms with Crippen LogP contribution in [0.5, 0.6) is 0 Å². The Hall–Kier alpha value is -2.32. The molecule has 3 aromatic rings. The van der Waals surface area contributed by atoms with Crippen LogP contribution in [-0.4, -0.2) is 93.4 Å². The average molecular weight is 936 g/mol. The number of hydrogen-bond acceptors (Lipinski definition) is 20. The maximum Gasteiger partial charge on any atom is 0.488 e. The second-order valence-corrected chi connectivity index (χ2v) is 22.2. The van der Waals surface area contributed by atoms with Crippen LogP contribution in [0.15, 0.2) is 29.6 Å². The molecule has 3 aromatic heterocycles. The number of aromatic nitrogens is 5. The standard InChI is InChI=1S/C11H17N4O10P3.C10H21N6O10P3/c12-9-1-4-13-10-8(6-14-15(9)10)5-11(2-3-11)23-7-26(16,17)24-28(21,22)25-27(18,19)20;1-10(2,3-6-4-13-16-7(6)14-8(11)15-9(16)12)24-5-27(17,18)25-29(22,23)26-28(19,20)21/h1,4,6H,2-3,5,7,12H2,(H,16,17)(H,21,22)(H2,18,19,20);4,9H,3,5,12H2,1-2H3,(H,17,18)(H,22,23)(H3,11,14,15)(H2,19,20,21). The number of nitrogens with one attached hydrogen (secondary N) is 1. The second kappa shape index (κ2) is 17.0. The van der Waals surface area contributed by atoms with E-state index in [4.69, 9.17) is 46.2 Å². The third-order valence-corrected chi connectivity index (χ3v) is 15.1. The highest BCUT2D eigenvalue weighted by Crippen LogP contribution is 2.67. The summed E-state index contributed by atoms with van der Waals surface area (Å²) < 4.78 is 96.4. The zero-order chi connectivity index (χ0) is 43.0. The summed E-state index contributed by atoms with van der Waals surface area (Å²) in [5, 5.41) is 11.0. The summed E-state index contributed by atoms with van der Waals surface area (Å²) in [6.07, 6.45) is 3.08. The number of nitrogens with two attached hydrogens (primary N) is 3. The van der Waals surface area contributed by atoms with E-state index in [1.165, 1.54) is 27.8 Å². The predicted molar refractivity (Wildman–Crippen MR) is 191 cm³/mol. The summed E-state index contributed by atoms with van der Waals surface area (Å²) in [5.41, 5.74) is 17.0. The number of guanidine groups is 1. The van der Waals surface area contributed by atoms with E-state index in [9.17, 15) is 47.0 Å². The SMILES string of the molecule is CC(C)(Cc1cnn2c1NC(N)=NC2N)OCP(=O)(O)OP(=O)(O)OP(=O)(O)O.Nc1ccnc2c(CC3(OCP(=O)(O)OP(=O)(O)OP(=O)(O)O)CC3)cnn12. The number of nitrogen functional groups attached to an aromatic ring is 1. The quantitative estimate of drug-likeness (QED) is 0.0773. The fourth-order valence-corrected chi connectivity index (χ4v) is 11.6. The lowest BCUT2D eigenvalue weighted by molar-refractivity contribution is 0.00227. The van der Waals surface area contributed by atoms with Crippen LogP contribution in [0.3, 0.4) is 0 Å². The van der Waals surface area contributed by atoms with E-state index in [2.05, 4.69) is 42.7 Å². The first-order chi connectivity index (χ1) is 25.8. The van der Waals surface area contributed by atoms with Gasteiger partial charge in [-0.2, -0.15) is 23.3 Å². The van der Waals surface area contributed by atoms with Crippen molar-refractivity contribution in [2.24, 2.45) is 16.5 Å². The third-order valence-electron chi connectivity index (χ3n) is 7.11. The Morgan fingerprint density at radius 3 is 1.93 bits per heavy atom. The van der Waals surface area contributed by atoms with Gasteiger partial charge in [0, 0.05) is 30.2 Å². The van der Waals surface area contributed by atoms with Gasteiger partial charge in [0.15, 0.2) is 17.9 Å². The van der Waals surface area contributed by atoms with Gasteiger partial charge in [0.1, 0.15) is 24.3 Å². The van der Waals surface area contributed by atoms with E-state index in [0.29, 0.717) is 41.3 Å². The molecule has 1 saturated carbocycles. The van der Waals surface area contributed by atoms with Gasteiger partial charge in [-0.25, -0.2) is 41.5 Å². The molecule has 36 heteroatoms. The molecule has 2 aliphatic rings. The largest absolute Gasteiger partial charge is 0.488 e. The van der Waals surface area contributed by atoms with E-state index < -0.39 is 76.7 Å². The number of ether oxygens (including phenoxy) is 2. The number of rotatable bonds is 18. The van der Waals surface area contributed by atoms with Gasteiger partial charge >= 0.3 is 46.5 Å². The lowest BCUT2D eigenvalue weighted by atomic mass is 10.0. The highest BCUT2D eigenvalue weighted by Gasteiger charge is 2.48. The predicted octanol–water partition coefficient (Wildman–Crippen LogP) is 0.517. The first-order valence-corrected chi connectivity index (χ1v) is 24.9. The van der Waals surface area contributed by atoms with E-state index in [-0.39, 0.29) is 18.8 Å². The number of hydrogen-bond donors (Lipinski definition) is 12. The van der Waals surface area contributed by atoms with Crippen molar-refractivity contribution in [3.63, 3.8) is 0 Å². The fraction of sp³-hybridized carbons (Fsp3) is 0.524. The Morgan fingerprint density at radius 1 is 0.842 bits per heavy atom. The molecule has 0 radical (unpaired) electrons. The van der Waals surface area contributed by atoms with Gasteiger partial charge in [-0.3, -0.25) is 14.9 Å². The lowest BCUT2D eigenvalue weighted by Gasteiger charge is -2.27. The van der Waals surface area contributed by atoms with Crippen LogP contribution in [0.1, 0.15) is 44.1 Å². The Balaban J connectivity index is 0.000000253. The van der Waals surface area contributed by atoms with Crippen LogP contribution in [-0.2, 0) is 66.9 Å². The van der Waals surface area contributed by atoms with Crippen LogP contribution >= 0.6 is 46.5 Å². The van der Waals surface area contributed by atoms with E-state index in [0.717, 1.165) is 0 Å². The Labute approximate surface area is 320 Å². The maximum atomic E-state index is 11.9. The van der Waals surface area contributed by atoms with Crippen molar-refractivity contribution < 1.29 is 93.3 Å². The minimum Gasteiger partial charge on any atom is -0.384 e. The minimum absolute atomic E-state index is 0.0717. The molecule has 0 spiro atoms. The van der Waals surface area contributed by atoms with Gasteiger partial charge in [0.05, 0.1) is 23.6 Å². The minimum atomic E-state index is -5.52. The molecule has 5 unspecified atom stereocenters. The molecule has 15 N–H and O–H groups in total. The van der Waals surface area contributed by atoms with E-state index in [1.807, 2.05) is 0 Å². The zero-order valence-electron chi connectivity index (χ0n) is 29.2. The summed E-state index contributed by atoms with van der Waals surface area (Å²) in [5.74, 6) is 0.890.